The Labute approximate surface area is 422 Å². The standard InChI is InChI=1S/C68H52N4/c1-5-21-59(22-6-1)70(60-23-7-2-8-24-60)64-41-43-65(44-42-64)72(67-40-34-52-18-14-16-20-56(52)50-67)63-38-32-54(33-39-63)53-29-35-57(36-30-53)68(69-58-37-31-51-17-13-15-19-55(51)49-58)47-45-66(46-48-68)71(61-25-9-3-10-26-61)62-27-11-4-12-28-62/h1-47,49-50,69H,48H2. The summed E-state index contributed by atoms with van der Waals surface area (Å²) in [5.74, 6) is 0. The highest BCUT2D eigenvalue weighted by Crippen LogP contribution is 2.43. The highest BCUT2D eigenvalue weighted by atomic mass is 15.2. The number of hydrogen-bond acceptors (Lipinski definition) is 4. The van der Waals surface area contributed by atoms with Crippen LogP contribution < -0.4 is 20.0 Å². The zero-order valence-electron chi connectivity index (χ0n) is 39.8. The lowest BCUT2D eigenvalue weighted by Crippen LogP contribution is -2.35. The van der Waals surface area contributed by atoms with Crippen LogP contribution in [0.4, 0.5) is 51.2 Å². The smallest absolute Gasteiger partial charge is 0.0848 e. The number of nitrogens with zero attached hydrogens (tertiary/aromatic N) is 3. The SMILES string of the molecule is C1=CC(Nc2ccc3ccccc3c2)(c2ccc(-c3ccc(N(c4ccc(N(c5ccccc5)c5ccccc5)cc4)c4ccc5ccccc5c4)cc3)cc2)CC=C1N(c1ccccc1)c1ccccc1. The fraction of sp³-hybridized carbons (Fsp3) is 0.0294. The molecule has 0 radical (unpaired) electrons. The van der Waals surface area contributed by atoms with E-state index in [1.54, 1.807) is 0 Å². The van der Waals surface area contributed by atoms with Gasteiger partial charge in [-0.15, -0.1) is 0 Å². The molecule has 12 rings (SSSR count). The van der Waals surface area contributed by atoms with Gasteiger partial charge in [0, 0.05) is 56.9 Å². The molecule has 1 N–H and O–H groups in total. The van der Waals surface area contributed by atoms with Crippen molar-refractivity contribution in [2.24, 2.45) is 0 Å². The molecule has 0 heterocycles. The minimum absolute atomic E-state index is 0.498. The molecule has 1 unspecified atom stereocenters. The quantitative estimate of drug-likeness (QED) is 0.124. The summed E-state index contributed by atoms with van der Waals surface area (Å²) in [6.07, 6.45) is 7.76. The first kappa shape index (κ1) is 43.9. The summed E-state index contributed by atoms with van der Waals surface area (Å²) in [5, 5.41) is 8.88. The molecule has 0 aliphatic heterocycles. The molecule has 0 spiro atoms. The van der Waals surface area contributed by atoms with Crippen molar-refractivity contribution in [1.82, 2.24) is 0 Å². The van der Waals surface area contributed by atoms with E-state index in [-0.39, 0.29) is 0 Å². The van der Waals surface area contributed by atoms with E-state index in [1.807, 2.05) is 0 Å². The highest BCUT2D eigenvalue weighted by Gasteiger charge is 2.32. The molecule has 344 valence electrons. The second kappa shape index (κ2) is 19.6. The van der Waals surface area contributed by atoms with Gasteiger partial charge in [0.05, 0.1) is 5.54 Å². The normalized spacial score (nSPS) is 14.1. The van der Waals surface area contributed by atoms with Crippen LogP contribution in [-0.2, 0) is 5.54 Å². The molecule has 0 saturated carbocycles. The lowest BCUT2D eigenvalue weighted by molar-refractivity contribution is 0.613. The van der Waals surface area contributed by atoms with E-state index in [9.17, 15) is 0 Å². The van der Waals surface area contributed by atoms with Crippen LogP contribution >= 0.6 is 0 Å². The molecule has 11 aromatic carbocycles. The van der Waals surface area contributed by atoms with Crippen LogP contribution in [0.15, 0.2) is 303 Å². The van der Waals surface area contributed by atoms with Gasteiger partial charge in [-0.1, -0.05) is 182 Å². The average molecular weight is 925 g/mol. The second-order valence-corrected chi connectivity index (χ2v) is 18.3. The molecule has 1 atom stereocenters. The van der Waals surface area contributed by atoms with E-state index in [1.165, 1.54) is 27.1 Å². The summed E-state index contributed by atoms with van der Waals surface area (Å²) < 4.78 is 0. The first-order chi connectivity index (χ1) is 35.6. The topological polar surface area (TPSA) is 21.8 Å². The van der Waals surface area contributed by atoms with Gasteiger partial charge in [-0.25, -0.2) is 0 Å². The molecule has 1 aliphatic rings. The number of allylic oxidation sites excluding steroid dienone is 1. The molecular weight excluding hydrogens is 873 g/mol. The van der Waals surface area contributed by atoms with Gasteiger partial charge in [0.25, 0.3) is 0 Å². The molecule has 0 fully saturated rings. The van der Waals surface area contributed by atoms with Crippen LogP contribution in [-0.4, -0.2) is 0 Å². The Morgan fingerprint density at radius 2 is 0.681 bits per heavy atom. The zero-order chi connectivity index (χ0) is 48.1. The average Bonchev–Trinajstić information content (AvgIpc) is 3.45. The fourth-order valence-electron chi connectivity index (χ4n) is 10.2. The number of fused-ring (bicyclic) bond motifs is 2. The number of hydrogen-bond donors (Lipinski definition) is 1. The Balaban J connectivity index is 0.873. The van der Waals surface area contributed by atoms with Crippen molar-refractivity contribution >= 4 is 72.7 Å². The van der Waals surface area contributed by atoms with Crippen molar-refractivity contribution in [3.63, 3.8) is 0 Å². The summed E-state index contributed by atoms with van der Waals surface area (Å²) in [5.41, 5.74) is 14.0. The number of anilines is 9. The monoisotopic (exact) mass is 924 g/mol. The summed E-state index contributed by atoms with van der Waals surface area (Å²) >= 11 is 0. The van der Waals surface area contributed by atoms with Gasteiger partial charge in [-0.05, 0) is 160 Å². The van der Waals surface area contributed by atoms with Gasteiger partial charge in [-0.2, -0.15) is 0 Å². The number of rotatable bonds is 13. The van der Waals surface area contributed by atoms with Crippen LogP contribution in [0, 0.1) is 0 Å². The number of para-hydroxylation sites is 4. The molecule has 0 aromatic heterocycles. The maximum atomic E-state index is 4.03. The largest absolute Gasteiger partial charge is 0.372 e. The van der Waals surface area contributed by atoms with Crippen molar-refractivity contribution in [3.05, 3.63) is 309 Å². The van der Waals surface area contributed by atoms with Gasteiger partial charge < -0.3 is 20.0 Å². The van der Waals surface area contributed by atoms with Crippen LogP contribution in [0.1, 0.15) is 12.0 Å². The van der Waals surface area contributed by atoms with Crippen LogP contribution in [0.2, 0.25) is 0 Å². The second-order valence-electron chi connectivity index (χ2n) is 18.3. The minimum atomic E-state index is -0.498. The number of benzene rings is 11. The molecular formula is C68H52N4. The first-order valence-corrected chi connectivity index (χ1v) is 24.7. The summed E-state index contributed by atoms with van der Waals surface area (Å²) in [4.78, 5) is 6.99. The van der Waals surface area contributed by atoms with Gasteiger partial charge >= 0.3 is 0 Å². The lowest BCUT2D eigenvalue weighted by Gasteiger charge is -2.37. The molecule has 4 heteroatoms. The maximum Gasteiger partial charge on any atom is 0.0848 e. The van der Waals surface area contributed by atoms with Gasteiger partial charge in [0.2, 0.25) is 0 Å². The fourth-order valence-corrected chi connectivity index (χ4v) is 10.2. The third-order valence-electron chi connectivity index (χ3n) is 13.8. The van der Waals surface area contributed by atoms with Crippen molar-refractivity contribution in [2.45, 2.75) is 12.0 Å². The van der Waals surface area contributed by atoms with Crippen molar-refractivity contribution in [2.75, 3.05) is 20.0 Å². The molecule has 0 saturated heterocycles. The third-order valence-corrected chi connectivity index (χ3v) is 13.8. The van der Waals surface area contributed by atoms with E-state index < -0.39 is 5.54 Å². The van der Waals surface area contributed by atoms with Crippen molar-refractivity contribution < 1.29 is 0 Å². The molecule has 4 nitrogen and oxygen atoms in total. The zero-order valence-corrected chi connectivity index (χ0v) is 39.8. The van der Waals surface area contributed by atoms with Crippen LogP contribution in [0.25, 0.3) is 32.7 Å². The van der Waals surface area contributed by atoms with Crippen LogP contribution in [0.3, 0.4) is 0 Å². The maximum absolute atomic E-state index is 4.03. The van der Waals surface area contributed by atoms with E-state index in [0.717, 1.165) is 74.4 Å². The predicted molar refractivity (Wildman–Crippen MR) is 305 cm³/mol. The lowest BCUT2D eigenvalue weighted by atomic mass is 9.82. The Morgan fingerprint density at radius 3 is 1.17 bits per heavy atom. The summed E-state index contributed by atoms with van der Waals surface area (Å²) in [6, 6.07) is 99.9. The van der Waals surface area contributed by atoms with Crippen molar-refractivity contribution in [3.8, 4) is 11.1 Å². The first-order valence-electron chi connectivity index (χ1n) is 24.7. The molecule has 11 aromatic rings. The Hall–Kier alpha value is -9.38. The van der Waals surface area contributed by atoms with Gasteiger partial charge in [-0.3, -0.25) is 0 Å². The van der Waals surface area contributed by atoms with E-state index >= 15 is 0 Å². The van der Waals surface area contributed by atoms with E-state index in [0.29, 0.717) is 0 Å². The molecule has 72 heavy (non-hydrogen) atoms. The minimum Gasteiger partial charge on any atom is -0.372 e. The van der Waals surface area contributed by atoms with Gasteiger partial charge in [0.1, 0.15) is 0 Å². The predicted octanol–water partition coefficient (Wildman–Crippen LogP) is 18.6. The van der Waals surface area contributed by atoms with Crippen LogP contribution in [0.5, 0.6) is 0 Å². The molecule has 0 bridgehead atoms. The Morgan fingerprint density at radius 1 is 0.306 bits per heavy atom. The third kappa shape index (κ3) is 8.90. The molecule has 0 amide bonds. The Kier molecular flexibility index (Phi) is 11.9. The van der Waals surface area contributed by atoms with Crippen molar-refractivity contribution in [1.29, 1.82) is 0 Å². The highest BCUT2D eigenvalue weighted by molar-refractivity contribution is 5.90. The molecule has 1 aliphatic carbocycles. The van der Waals surface area contributed by atoms with E-state index in [2.05, 4.69) is 317 Å². The number of nitrogens with one attached hydrogen (secondary N) is 1. The van der Waals surface area contributed by atoms with Gasteiger partial charge in [0.15, 0.2) is 0 Å². The van der Waals surface area contributed by atoms with E-state index in [4.69, 9.17) is 0 Å². The summed E-state index contributed by atoms with van der Waals surface area (Å²) in [7, 11) is 0. The summed E-state index contributed by atoms with van der Waals surface area (Å²) in [6.45, 7) is 0. The Bertz CT molecular complexity index is 3590.